The number of benzene rings is 2. The lowest BCUT2D eigenvalue weighted by atomic mass is 9.86. The Balaban J connectivity index is 1.36. The second kappa shape index (κ2) is 9.63. The molecule has 8 heteroatoms. The van der Waals surface area contributed by atoms with E-state index in [9.17, 15) is 13.9 Å². The van der Waals surface area contributed by atoms with Gasteiger partial charge in [-0.3, -0.25) is 9.11 Å². The molecule has 30 heavy (non-hydrogen) atoms. The van der Waals surface area contributed by atoms with Crippen molar-refractivity contribution in [3.8, 4) is 5.69 Å². The molecule has 2 heterocycles. The molecule has 7 nitrogen and oxygen atoms in total. The summed E-state index contributed by atoms with van der Waals surface area (Å²) in [6.45, 7) is 2.47. The Kier molecular flexibility index (Phi) is 6.71. The average molecular weight is 426 g/mol. The Morgan fingerprint density at radius 1 is 1.17 bits per heavy atom. The van der Waals surface area contributed by atoms with Gasteiger partial charge in [0.1, 0.15) is 0 Å². The summed E-state index contributed by atoms with van der Waals surface area (Å²) < 4.78 is 25.7. The zero-order valence-electron chi connectivity index (χ0n) is 16.6. The Hall–Kier alpha value is -2.36. The molecule has 0 amide bonds. The van der Waals surface area contributed by atoms with E-state index in [4.69, 9.17) is 0 Å². The van der Waals surface area contributed by atoms with E-state index < -0.39 is 17.4 Å². The topological polar surface area (TPSA) is 93.5 Å². The molecule has 3 atom stereocenters. The summed E-state index contributed by atoms with van der Waals surface area (Å²) in [7, 11) is 0. The van der Waals surface area contributed by atoms with E-state index in [1.54, 1.807) is 0 Å². The van der Waals surface area contributed by atoms with E-state index >= 15 is 0 Å². The van der Waals surface area contributed by atoms with E-state index in [1.807, 2.05) is 71.7 Å². The van der Waals surface area contributed by atoms with E-state index in [0.29, 0.717) is 6.54 Å². The largest absolute Gasteiger partial charge is 0.760 e. The number of rotatable bonds is 7. The Morgan fingerprint density at radius 2 is 2.00 bits per heavy atom. The van der Waals surface area contributed by atoms with Crippen LogP contribution in [0.25, 0.3) is 5.69 Å². The fourth-order valence-corrected chi connectivity index (χ4v) is 4.31. The molecule has 1 saturated heterocycles. The fourth-order valence-electron chi connectivity index (χ4n) is 4.03. The first-order chi connectivity index (χ1) is 14.6. The SMILES string of the molecule is O=S([O-])NCc1cccc([C@@H]2CCN(Cc3cnn(-c4ccccc4)c3)C[C@@H]2O)c1. The van der Waals surface area contributed by atoms with E-state index in [2.05, 4.69) is 14.7 Å². The van der Waals surface area contributed by atoms with Crippen molar-refractivity contribution >= 4 is 11.3 Å². The molecule has 1 fully saturated rings. The minimum Gasteiger partial charge on any atom is -0.760 e. The van der Waals surface area contributed by atoms with Gasteiger partial charge in [0.05, 0.1) is 18.0 Å². The number of para-hydroxylation sites is 1. The predicted molar refractivity (Wildman–Crippen MR) is 114 cm³/mol. The van der Waals surface area contributed by atoms with Crippen molar-refractivity contribution in [3.05, 3.63) is 83.7 Å². The number of piperidine rings is 1. The van der Waals surface area contributed by atoms with Crippen molar-refractivity contribution in [1.29, 1.82) is 0 Å². The van der Waals surface area contributed by atoms with Gasteiger partial charge >= 0.3 is 0 Å². The molecule has 1 aliphatic heterocycles. The van der Waals surface area contributed by atoms with Crippen molar-refractivity contribution in [2.75, 3.05) is 13.1 Å². The maximum absolute atomic E-state index is 10.8. The van der Waals surface area contributed by atoms with Gasteiger partial charge in [0.25, 0.3) is 0 Å². The van der Waals surface area contributed by atoms with Crippen LogP contribution in [0.5, 0.6) is 0 Å². The summed E-state index contributed by atoms with van der Waals surface area (Å²) in [4.78, 5) is 2.25. The van der Waals surface area contributed by atoms with Crippen LogP contribution in [0.1, 0.15) is 29.0 Å². The Labute approximate surface area is 178 Å². The van der Waals surface area contributed by atoms with Crippen LogP contribution in [-0.2, 0) is 24.4 Å². The van der Waals surface area contributed by atoms with Gasteiger partial charge in [0, 0.05) is 48.6 Å². The molecule has 2 aromatic carbocycles. The number of likely N-dealkylation sites (tertiary alicyclic amines) is 1. The number of nitrogens with zero attached hydrogens (tertiary/aromatic N) is 3. The van der Waals surface area contributed by atoms with Gasteiger partial charge in [0.15, 0.2) is 0 Å². The zero-order valence-corrected chi connectivity index (χ0v) is 17.4. The maximum Gasteiger partial charge on any atom is 0.0736 e. The summed E-state index contributed by atoms with van der Waals surface area (Å²) >= 11 is -2.28. The number of β-amino-alcohol motifs (C(OH)–C–C–N with tert-alkyl or cyclic N) is 1. The number of aliphatic hydroxyl groups excluding tert-OH is 1. The first-order valence-corrected chi connectivity index (χ1v) is 11.1. The summed E-state index contributed by atoms with van der Waals surface area (Å²) in [5.41, 5.74) is 4.08. The summed E-state index contributed by atoms with van der Waals surface area (Å²) in [5.74, 6) is 0.0472. The van der Waals surface area contributed by atoms with Crippen LogP contribution < -0.4 is 4.72 Å². The zero-order chi connectivity index (χ0) is 20.9. The first kappa shape index (κ1) is 20.9. The molecule has 158 valence electrons. The van der Waals surface area contributed by atoms with Crippen molar-refractivity contribution in [1.82, 2.24) is 19.4 Å². The molecule has 0 spiro atoms. The smallest absolute Gasteiger partial charge is 0.0736 e. The van der Waals surface area contributed by atoms with Crippen LogP contribution in [-0.4, -0.2) is 47.7 Å². The van der Waals surface area contributed by atoms with Gasteiger partial charge < -0.3 is 9.66 Å². The number of aromatic nitrogens is 2. The number of hydrogen-bond donors (Lipinski definition) is 2. The third-order valence-electron chi connectivity index (χ3n) is 5.50. The molecule has 1 aromatic heterocycles. The Bertz CT molecular complexity index is 995. The molecule has 2 N–H and O–H groups in total. The second-order valence-corrected chi connectivity index (χ2v) is 8.39. The third kappa shape index (κ3) is 5.21. The van der Waals surface area contributed by atoms with Crippen LogP contribution in [0.15, 0.2) is 67.0 Å². The molecule has 0 aliphatic carbocycles. The van der Waals surface area contributed by atoms with Gasteiger partial charge in [-0.1, -0.05) is 42.5 Å². The molecule has 0 saturated carbocycles. The Morgan fingerprint density at radius 3 is 2.77 bits per heavy atom. The highest BCUT2D eigenvalue weighted by atomic mass is 32.2. The summed E-state index contributed by atoms with van der Waals surface area (Å²) in [6, 6.07) is 17.8. The maximum atomic E-state index is 10.8. The van der Waals surface area contributed by atoms with Crippen LogP contribution in [0.2, 0.25) is 0 Å². The minimum absolute atomic E-state index is 0.0472. The molecule has 0 radical (unpaired) electrons. The normalized spacial score (nSPS) is 20.9. The van der Waals surface area contributed by atoms with E-state index in [0.717, 1.165) is 41.9 Å². The van der Waals surface area contributed by atoms with Crippen molar-refractivity contribution in [2.24, 2.45) is 0 Å². The lowest BCUT2D eigenvalue weighted by Crippen LogP contribution is -2.42. The number of aliphatic hydroxyl groups is 1. The van der Waals surface area contributed by atoms with E-state index in [-0.39, 0.29) is 12.5 Å². The predicted octanol–water partition coefficient (Wildman–Crippen LogP) is 2.11. The standard InChI is InChI=1S/C22H26N4O3S/c27-22-16-25(14-18-12-23-26(15-18)20-7-2-1-3-8-20)10-9-21(22)19-6-4-5-17(11-19)13-24-30(28)29/h1-8,11-12,15,21-22,24,27H,9-10,13-14,16H2,(H,28,29)/p-1/t21-,22-/m0/s1. The van der Waals surface area contributed by atoms with Crippen molar-refractivity contribution in [3.63, 3.8) is 0 Å². The molecule has 1 aliphatic rings. The van der Waals surface area contributed by atoms with Crippen LogP contribution >= 0.6 is 0 Å². The first-order valence-electron chi connectivity index (χ1n) is 9.99. The van der Waals surface area contributed by atoms with Gasteiger partial charge in [-0.2, -0.15) is 5.10 Å². The molecule has 1 unspecified atom stereocenters. The monoisotopic (exact) mass is 425 g/mol. The number of nitrogens with one attached hydrogen (secondary N) is 1. The van der Waals surface area contributed by atoms with Crippen LogP contribution in [0, 0.1) is 0 Å². The van der Waals surface area contributed by atoms with Crippen molar-refractivity contribution < 1.29 is 13.9 Å². The highest BCUT2D eigenvalue weighted by Gasteiger charge is 2.29. The molecular formula is C22H25N4O3S-. The quantitative estimate of drug-likeness (QED) is 0.566. The fraction of sp³-hybridized carbons (Fsp3) is 0.318. The van der Waals surface area contributed by atoms with Gasteiger partial charge in [-0.15, -0.1) is 0 Å². The molecule has 4 rings (SSSR count). The summed E-state index contributed by atoms with van der Waals surface area (Å²) in [6.07, 6.45) is 4.28. The number of hydrogen-bond acceptors (Lipinski definition) is 5. The highest BCUT2D eigenvalue weighted by molar-refractivity contribution is 7.77. The second-order valence-electron chi connectivity index (χ2n) is 7.63. The molecular weight excluding hydrogens is 400 g/mol. The molecule has 3 aromatic rings. The van der Waals surface area contributed by atoms with E-state index in [1.165, 1.54) is 0 Å². The summed E-state index contributed by atoms with van der Waals surface area (Å²) in [5, 5.41) is 15.2. The van der Waals surface area contributed by atoms with Gasteiger partial charge in [-0.25, -0.2) is 9.40 Å². The van der Waals surface area contributed by atoms with Gasteiger partial charge in [-0.05, 0) is 36.2 Å². The van der Waals surface area contributed by atoms with Crippen LogP contribution in [0.4, 0.5) is 0 Å². The molecule has 0 bridgehead atoms. The lowest BCUT2D eigenvalue weighted by molar-refractivity contribution is 0.0476. The van der Waals surface area contributed by atoms with Crippen LogP contribution in [0.3, 0.4) is 0 Å². The lowest BCUT2D eigenvalue weighted by Gasteiger charge is -2.36. The third-order valence-corrected chi connectivity index (χ3v) is 5.88. The minimum atomic E-state index is -2.28. The average Bonchev–Trinajstić information content (AvgIpc) is 3.22. The highest BCUT2D eigenvalue weighted by Crippen LogP contribution is 2.29. The van der Waals surface area contributed by atoms with Crippen molar-refractivity contribution in [2.45, 2.75) is 31.5 Å². The van der Waals surface area contributed by atoms with Gasteiger partial charge in [0.2, 0.25) is 0 Å².